The van der Waals surface area contributed by atoms with Gasteiger partial charge in [0.25, 0.3) is 0 Å². The molecule has 0 saturated carbocycles. The molecule has 0 unspecified atom stereocenters. The summed E-state index contributed by atoms with van der Waals surface area (Å²) < 4.78 is 9.82. The van der Waals surface area contributed by atoms with Gasteiger partial charge in [-0.1, -0.05) is 0 Å². The van der Waals surface area contributed by atoms with Crippen LogP contribution in [0.5, 0.6) is 0 Å². The summed E-state index contributed by atoms with van der Waals surface area (Å²) in [6.07, 6.45) is 2.61. The van der Waals surface area contributed by atoms with E-state index in [1.54, 1.807) is 4.90 Å². The first-order valence-electron chi connectivity index (χ1n) is 6.14. The average molecular weight is 322 g/mol. The number of ether oxygens (including phenoxy) is 1. The third kappa shape index (κ3) is 4.84. The number of halogens is 1. The Bertz CT molecular complexity index is 314. The van der Waals surface area contributed by atoms with Gasteiger partial charge in [0, 0.05) is 12.6 Å². The summed E-state index contributed by atoms with van der Waals surface area (Å²) in [6, 6.07) is -0.126. The van der Waals surface area contributed by atoms with Gasteiger partial charge < -0.3 is 13.5 Å². The zero-order valence-electron chi connectivity index (χ0n) is 11.1. The van der Waals surface area contributed by atoms with Crippen molar-refractivity contribution in [3.05, 3.63) is 0 Å². The van der Waals surface area contributed by atoms with Gasteiger partial charge in [-0.2, -0.15) is 0 Å². The van der Waals surface area contributed by atoms with Crippen LogP contribution in [0.4, 0.5) is 4.79 Å². The van der Waals surface area contributed by atoms with Gasteiger partial charge in [-0.25, -0.2) is 4.79 Å². The Hall–Kier alpha value is -0.780. The lowest BCUT2D eigenvalue weighted by Crippen LogP contribution is -2.46. The molecule has 18 heavy (non-hydrogen) atoms. The Morgan fingerprint density at radius 3 is 2.56 bits per heavy atom. The molecule has 1 rings (SSSR count). The number of nitrogens with zero attached hydrogens (tertiary/aromatic N) is 1. The maximum atomic E-state index is 12.0. The van der Waals surface area contributed by atoms with Gasteiger partial charge in [0.15, 0.2) is 16.3 Å². The predicted octanol–water partition coefficient (Wildman–Crippen LogP) is 3.02. The van der Waals surface area contributed by atoms with Crippen molar-refractivity contribution in [3.63, 3.8) is 0 Å². The van der Waals surface area contributed by atoms with E-state index in [9.17, 15) is 9.59 Å². The second-order valence-electron chi connectivity index (χ2n) is 5.48. The van der Waals surface area contributed by atoms with E-state index in [4.69, 9.17) is 4.74 Å². The summed E-state index contributed by atoms with van der Waals surface area (Å²) in [5.74, 6) is -0.365. The lowest BCUT2D eigenvalue weighted by molar-refractivity contribution is -0.133. The lowest BCUT2D eigenvalue weighted by atomic mass is 10.00. The van der Waals surface area contributed by atoms with Gasteiger partial charge in [-0.3, -0.25) is 4.79 Å². The molecule has 104 valence electrons. The minimum absolute atomic E-state index is 0.126. The predicted molar refractivity (Wildman–Crippen MR) is 70.2 cm³/mol. The Kier molecular flexibility index (Phi) is 5.44. The number of amides is 1. The molecule has 0 bridgehead atoms. The second-order valence-corrected chi connectivity index (χ2v) is 5.80. The third-order valence-electron chi connectivity index (χ3n) is 2.74. The molecule has 1 saturated heterocycles. The van der Waals surface area contributed by atoms with Crippen LogP contribution in [0.15, 0.2) is 0 Å². The van der Waals surface area contributed by atoms with Gasteiger partial charge >= 0.3 is 12.1 Å². The van der Waals surface area contributed by atoms with E-state index in [1.807, 2.05) is 20.8 Å². The van der Waals surface area contributed by atoms with Crippen LogP contribution in [0.3, 0.4) is 0 Å². The minimum Gasteiger partial charge on any atom is -0.444 e. The monoisotopic (exact) mass is 321 g/mol. The maximum absolute atomic E-state index is 12.0. The molecule has 1 atom stereocenters. The highest BCUT2D eigenvalue weighted by Gasteiger charge is 2.31. The highest BCUT2D eigenvalue weighted by molar-refractivity contribution is 9.06. The molecule has 1 aliphatic heterocycles. The molecule has 5 nitrogen and oxygen atoms in total. The highest BCUT2D eigenvalue weighted by Crippen LogP contribution is 2.23. The van der Waals surface area contributed by atoms with Crippen LogP contribution in [0.2, 0.25) is 0 Å². The summed E-state index contributed by atoms with van der Waals surface area (Å²) in [4.78, 5) is 25.0. The van der Waals surface area contributed by atoms with Crippen molar-refractivity contribution in [1.29, 1.82) is 0 Å². The fourth-order valence-corrected chi connectivity index (χ4v) is 2.13. The van der Waals surface area contributed by atoms with E-state index in [1.165, 1.54) is 0 Å². The van der Waals surface area contributed by atoms with Gasteiger partial charge in [-0.05, 0) is 40.0 Å². The molecule has 1 aliphatic rings. The molecule has 0 N–H and O–H groups in total. The quantitative estimate of drug-likeness (QED) is 0.784. The number of carbonyl (C=O) groups excluding carboxylic acids is 2. The van der Waals surface area contributed by atoms with Crippen molar-refractivity contribution in [2.24, 2.45) is 0 Å². The van der Waals surface area contributed by atoms with Gasteiger partial charge in [0.1, 0.15) is 5.60 Å². The molecule has 1 amide bonds. The van der Waals surface area contributed by atoms with Crippen LogP contribution < -0.4 is 0 Å². The molecule has 0 radical (unpaired) electrons. The molecule has 0 aromatic rings. The van der Waals surface area contributed by atoms with E-state index in [0.717, 1.165) is 19.3 Å². The summed E-state index contributed by atoms with van der Waals surface area (Å²) in [5, 5.41) is 0. The average Bonchev–Trinajstić information content (AvgIpc) is 2.27. The van der Waals surface area contributed by atoms with Crippen LogP contribution in [0, 0.1) is 0 Å². The Morgan fingerprint density at radius 2 is 2.00 bits per heavy atom. The maximum Gasteiger partial charge on any atom is 0.410 e. The fraction of sp³-hybridized carbons (Fsp3) is 0.833. The van der Waals surface area contributed by atoms with E-state index in [2.05, 4.69) is 20.1 Å². The summed E-state index contributed by atoms with van der Waals surface area (Å²) in [5.41, 5.74) is -0.519. The molecule has 0 aromatic carbocycles. The zero-order valence-corrected chi connectivity index (χ0v) is 12.7. The van der Waals surface area contributed by atoms with E-state index >= 15 is 0 Å². The number of hydrogen-bond acceptors (Lipinski definition) is 4. The van der Waals surface area contributed by atoms with Crippen LogP contribution >= 0.6 is 16.3 Å². The second kappa shape index (κ2) is 6.41. The highest BCUT2D eigenvalue weighted by atomic mass is 79.9. The number of hydrogen-bond donors (Lipinski definition) is 0. The molecule has 0 aliphatic carbocycles. The van der Waals surface area contributed by atoms with Gasteiger partial charge in [0.05, 0.1) is 6.42 Å². The molecule has 1 fully saturated rings. The first-order chi connectivity index (χ1) is 8.33. The lowest BCUT2D eigenvalue weighted by Gasteiger charge is -2.36. The Morgan fingerprint density at radius 1 is 1.33 bits per heavy atom. The number of rotatable bonds is 2. The molecule has 0 aromatic heterocycles. The summed E-state index contributed by atoms with van der Waals surface area (Å²) in [6.45, 7) is 6.12. The van der Waals surface area contributed by atoms with Crippen molar-refractivity contribution in [2.75, 3.05) is 6.54 Å². The summed E-state index contributed by atoms with van der Waals surface area (Å²) in [7, 11) is 0. The van der Waals surface area contributed by atoms with Crippen molar-refractivity contribution >= 4 is 28.3 Å². The van der Waals surface area contributed by atoms with Crippen molar-refractivity contribution in [2.45, 2.75) is 58.1 Å². The number of piperidine rings is 1. The van der Waals surface area contributed by atoms with E-state index in [0.29, 0.717) is 6.54 Å². The van der Waals surface area contributed by atoms with Crippen molar-refractivity contribution < 1.29 is 18.2 Å². The Balaban J connectivity index is 2.64. The van der Waals surface area contributed by atoms with Crippen LogP contribution in [0.25, 0.3) is 0 Å². The number of likely N-dealkylation sites (tertiary alicyclic amines) is 1. The van der Waals surface area contributed by atoms with Gasteiger partial charge in [0.2, 0.25) is 0 Å². The van der Waals surface area contributed by atoms with Gasteiger partial charge in [-0.15, -0.1) is 0 Å². The van der Waals surface area contributed by atoms with E-state index in [-0.39, 0.29) is 24.5 Å². The van der Waals surface area contributed by atoms with Crippen molar-refractivity contribution in [1.82, 2.24) is 4.90 Å². The molecular weight excluding hydrogens is 302 g/mol. The summed E-state index contributed by atoms with van der Waals surface area (Å²) >= 11 is 2.66. The standard InChI is InChI=1S/C12H20BrNO4/c1-12(2,3)17-11(16)14-7-5-4-6-9(14)8-10(15)18-13/h9H,4-8H2,1-3H3/t9-/m0/s1. The smallest absolute Gasteiger partial charge is 0.410 e. The van der Waals surface area contributed by atoms with Crippen LogP contribution in [-0.2, 0) is 13.4 Å². The van der Waals surface area contributed by atoms with Crippen LogP contribution in [-0.4, -0.2) is 35.2 Å². The fourth-order valence-electron chi connectivity index (χ4n) is 2.00. The first kappa shape index (κ1) is 15.3. The number of carbonyl (C=O) groups is 2. The molecule has 6 heteroatoms. The Labute approximate surface area is 116 Å². The van der Waals surface area contributed by atoms with E-state index < -0.39 is 5.60 Å². The molecular formula is C12H20BrNO4. The third-order valence-corrected chi connectivity index (χ3v) is 3.10. The molecule has 0 spiro atoms. The minimum atomic E-state index is -0.519. The topological polar surface area (TPSA) is 55.8 Å². The SMILES string of the molecule is CC(C)(C)OC(=O)N1CCCC[C@H]1CC(=O)OBr. The normalized spacial score (nSPS) is 20.4. The molecule has 1 heterocycles. The zero-order chi connectivity index (χ0) is 13.8. The first-order valence-corrected chi connectivity index (χ1v) is 6.79. The van der Waals surface area contributed by atoms with Crippen molar-refractivity contribution in [3.8, 4) is 0 Å². The largest absolute Gasteiger partial charge is 0.444 e. The van der Waals surface area contributed by atoms with Crippen LogP contribution in [0.1, 0.15) is 46.5 Å².